The van der Waals surface area contributed by atoms with E-state index in [1.165, 1.54) is 25.7 Å². The Labute approximate surface area is 139 Å². The van der Waals surface area contributed by atoms with E-state index in [1.54, 1.807) is 6.92 Å². The van der Waals surface area contributed by atoms with Crippen LogP contribution in [0.4, 0.5) is 0 Å². The molecule has 2 aliphatic carbocycles. The Hall–Kier alpha value is -1.06. The van der Waals surface area contributed by atoms with E-state index in [0.717, 1.165) is 17.4 Å². The van der Waals surface area contributed by atoms with E-state index in [4.69, 9.17) is 5.73 Å². The Morgan fingerprint density at radius 2 is 1.95 bits per heavy atom. The first kappa shape index (κ1) is 17.3. The first-order valence-electron chi connectivity index (χ1n) is 8.14. The molecule has 2 bridgehead atoms. The van der Waals surface area contributed by atoms with Gasteiger partial charge in [-0.3, -0.25) is 4.79 Å². The topological polar surface area (TPSA) is 55.1 Å². The van der Waals surface area contributed by atoms with Gasteiger partial charge in [-0.2, -0.15) is 0 Å². The monoisotopic (exact) mass is 322 g/mol. The molecule has 3 N–H and O–H groups in total. The number of benzene rings is 1. The first-order chi connectivity index (χ1) is 9.98. The van der Waals surface area contributed by atoms with Gasteiger partial charge in [0, 0.05) is 6.04 Å². The minimum atomic E-state index is -0.965. The van der Waals surface area contributed by atoms with Gasteiger partial charge in [0.25, 0.3) is 0 Å². The Balaban J connectivity index is 0.00000176. The average Bonchev–Trinajstić information content (AvgIpc) is 3.10. The molecule has 0 heterocycles. The maximum absolute atomic E-state index is 12.6. The van der Waals surface area contributed by atoms with Crippen LogP contribution in [0.5, 0.6) is 0 Å². The Morgan fingerprint density at radius 3 is 2.50 bits per heavy atom. The molecular weight excluding hydrogens is 296 g/mol. The summed E-state index contributed by atoms with van der Waals surface area (Å²) in [5.74, 6) is 2.28. The number of nitrogens with one attached hydrogen (secondary N) is 1. The summed E-state index contributed by atoms with van der Waals surface area (Å²) in [7, 11) is 0. The third-order valence-corrected chi connectivity index (χ3v) is 5.64. The second kappa shape index (κ2) is 6.59. The predicted molar refractivity (Wildman–Crippen MR) is 91.8 cm³/mol. The summed E-state index contributed by atoms with van der Waals surface area (Å²) in [6, 6.07) is 9.85. The van der Waals surface area contributed by atoms with Crippen LogP contribution in [0.2, 0.25) is 0 Å². The minimum Gasteiger partial charge on any atom is -0.351 e. The smallest absolute Gasteiger partial charge is 0.244 e. The molecule has 0 saturated heterocycles. The summed E-state index contributed by atoms with van der Waals surface area (Å²) in [5, 5.41) is 3.18. The van der Waals surface area contributed by atoms with Crippen LogP contribution < -0.4 is 11.1 Å². The SMILES string of the molecule is CC(NC(=O)C(C)(N)c1ccccc1)C1CC2CCC1C2.Cl. The van der Waals surface area contributed by atoms with Crippen molar-refractivity contribution in [2.45, 2.75) is 51.1 Å². The van der Waals surface area contributed by atoms with E-state index in [9.17, 15) is 4.79 Å². The molecule has 4 heteroatoms. The Morgan fingerprint density at radius 1 is 1.27 bits per heavy atom. The molecule has 22 heavy (non-hydrogen) atoms. The van der Waals surface area contributed by atoms with Crippen molar-refractivity contribution in [1.82, 2.24) is 5.32 Å². The molecule has 3 rings (SSSR count). The van der Waals surface area contributed by atoms with Crippen LogP contribution in [-0.4, -0.2) is 11.9 Å². The molecule has 1 aromatic carbocycles. The number of carbonyl (C=O) groups excluding carboxylic acids is 1. The highest BCUT2D eigenvalue weighted by Gasteiger charge is 2.43. The third kappa shape index (κ3) is 3.16. The number of carbonyl (C=O) groups is 1. The third-order valence-electron chi connectivity index (χ3n) is 5.64. The predicted octanol–water partition coefficient (Wildman–Crippen LogP) is 3.22. The standard InChI is InChI=1S/C18H26N2O.ClH/c1-12(16-11-13-8-9-14(16)10-13)20-17(21)18(2,19)15-6-4-3-5-7-15;/h3-7,12-14,16H,8-11,19H2,1-2H3,(H,20,21);1H. The molecule has 3 nitrogen and oxygen atoms in total. The van der Waals surface area contributed by atoms with Gasteiger partial charge in [-0.25, -0.2) is 0 Å². The lowest BCUT2D eigenvalue weighted by molar-refractivity contribution is -0.127. The van der Waals surface area contributed by atoms with Gasteiger partial charge in [-0.05, 0) is 56.4 Å². The van der Waals surface area contributed by atoms with E-state index in [1.807, 2.05) is 30.3 Å². The van der Waals surface area contributed by atoms with Gasteiger partial charge in [0.15, 0.2) is 0 Å². The minimum absolute atomic E-state index is 0. The number of amides is 1. The summed E-state index contributed by atoms with van der Waals surface area (Å²) in [6.07, 6.45) is 5.37. The van der Waals surface area contributed by atoms with E-state index in [0.29, 0.717) is 5.92 Å². The number of hydrogen-bond acceptors (Lipinski definition) is 2. The highest BCUT2D eigenvalue weighted by molar-refractivity contribution is 5.87. The normalized spacial score (nSPS) is 30.2. The van der Waals surface area contributed by atoms with Crippen molar-refractivity contribution in [1.29, 1.82) is 0 Å². The van der Waals surface area contributed by atoms with Crippen LogP contribution in [0, 0.1) is 17.8 Å². The maximum Gasteiger partial charge on any atom is 0.244 e. The first-order valence-corrected chi connectivity index (χ1v) is 8.14. The van der Waals surface area contributed by atoms with E-state index in [-0.39, 0.29) is 24.4 Å². The number of nitrogens with two attached hydrogens (primary N) is 1. The number of halogens is 1. The molecule has 0 radical (unpaired) electrons. The van der Waals surface area contributed by atoms with Crippen molar-refractivity contribution in [3.05, 3.63) is 35.9 Å². The van der Waals surface area contributed by atoms with Gasteiger partial charge in [0.2, 0.25) is 5.91 Å². The summed E-state index contributed by atoms with van der Waals surface area (Å²) in [4.78, 5) is 12.6. The van der Waals surface area contributed by atoms with E-state index < -0.39 is 5.54 Å². The van der Waals surface area contributed by atoms with Gasteiger partial charge in [-0.15, -0.1) is 12.4 Å². The second-order valence-electron chi connectivity index (χ2n) is 7.17. The van der Waals surface area contributed by atoms with Crippen molar-refractivity contribution in [2.24, 2.45) is 23.5 Å². The van der Waals surface area contributed by atoms with Crippen molar-refractivity contribution < 1.29 is 4.79 Å². The van der Waals surface area contributed by atoms with Gasteiger partial charge < -0.3 is 11.1 Å². The average molecular weight is 323 g/mol. The lowest BCUT2D eigenvalue weighted by atomic mass is 9.83. The summed E-state index contributed by atoms with van der Waals surface area (Å²) in [5.41, 5.74) is 6.19. The molecule has 2 aliphatic rings. The van der Waals surface area contributed by atoms with E-state index in [2.05, 4.69) is 12.2 Å². The maximum atomic E-state index is 12.6. The molecule has 5 unspecified atom stereocenters. The second-order valence-corrected chi connectivity index (χ2v) is 7.17. The molecule has 1 aromatic rings. The number of hydrogen-bond donors (Lipinski definition) is 2. The van der Waals surface area contributed by atoms with Crippen molar-refractivity contribution in [3.8, 4) is 0 Å². The molecular formula is C18H27ClN2O. The molecule has 0 spiro atoms. The van der Waals surface area contributed by atoms with Crippen molar-refractivity contribution in [2.75, 3.05) is 0 Å². The molecule has 2 saturated carbocycles. The summed E-state index contributed by atoms with van der Waals surface area (Å²) < 4.78 is 0. The zero-order valence-corrected chi connectivity index (χ0v) is 14.2. The van der Waals surface area contributed by atoms with Crippen LogP contribution in [0.25, 0.3) is 0 Å². The lowest BCUT2D eigenvalue weighted by Crippen LogP contribution is -2.53. The molecule has 0 aromatic heterocycles. The highest BCUT2D eigenvalue weighted by atomic mass is 35.5. The van der Waals surface area contributed by atoms with Gasteiger partial charge in [0.05, 0.1) is 0 Å². The number of fused-ring (bicyclic) bond motifs is 2. The fourth-order valence-electron chi connectivity index (χ4n) is 4.29. The summed E-state index contributed by atoms with van der Waals surface area (Å²) in [6.45, 7) is 3.94. The quantitative estimate of drug-likeness (QED) is 0.894. The summed E-state index contributed by atoms with van der Waals surface area (Å²) >= 11 is 0. The molecule has 5 atom stereocenters. The Bertz CT molecular complexity index is 517. The zero-order chi connectivity index (χ0) is 15.0. The fraction of sp³-hybridized carbons (Fsp3) is 0.611. The van der Waals surface area contributed by atoms with Crippen molar-refractivity contribution >= 4 is 18.3 Å². The van der Waals surface area contributed by atoms with E-state index >= 15 is 0 Å². The van der Waals surface area contributed by atoms with Crippen LogP contribution in [0.3, 0.4) is 0 Å². The fourth-order valence-corrected chi connectivity index (χ4v) is 4.29. The molecule has 2 fully saturated rings. The zero-order valence-electron chi connectivity index (χ0n) is 13.4. The highest BCUT2D eigenvalue weighted by Crippen LogP contribution is 2.49. The van der Waals surface area contributed by atoms with Crippen LogP contribution >= 0.6 is 12.4 Å². The van der Waals surface area contributed by atoms with Gasteiger partial charge >= 0.3 is 0 Å². The van der Waals surface area contributed by atoms with Crippen LogP contribution in [0.1, 0.15) is 45.1 Å². The van der Waals surface area contributed by atoms with Crippen LogP contribution in [0.15, 0.2) is 30.3 Å². The van der Waals surface area contributed by atoms with Gasteiger partial charge in [0.1, 0.15) is 5.54 Å². The van der Waals surface area contributed by atoms with Crippen molar-refractivity contribution in [3.63, 3.8) is 0 Å². The lowest BCUT2D eigenvalue weighted by Gasteiger charge is -2.32. The van der Waals surface area contributed by atoms with Crippen LogP contribution in [-0.2, 0) is 10.3 Å². The number of rotatable bonds is 4. The molecule has 122 valence electrons. The Kier molecular flexibility index (Phi) is 5.18. The largest absolute Gasteiger partial charge is 0.351 e. The van der Waals surface area contributed by atoms with Gasteiger partial charge in [-0.1, -0.05) is 36.8 Å². The molecule has 1 amide bonds. The molecule has 0 aliphatic heterocycles.